The van der Waals surface area contributed by atoms with Crippen molar-refractivity contribution in [2.45, 2.75) is 0 Å². The number of H-pyrrole nitrogens is 1. The van der Waals surface area contributed by atoms with Crippen LogP contribution in [0.15, 0.2) is 42.6 Å². The summed E-state index contributed by atoms with van der Waals surface area (Å²) in [5.74, 6) is -1.00. The smallest absolute Gasteiger partial charge is 0.354 e. The van der Waals surface area contributed by atoms with E-state index in [-0.39, 0.29) is 11.4 Å². The summed E-state index contributed by atoms with van der Waals surface area (Å²) in [6.07, 6.45) is 1.73. The lowest BCUT2D eigenvalue weighted by Crippen LogP contribution is -2.00. The second kappa shape index (κ2) is 4.13. The van der Waals surface area contributed by atoms with E-state index in [4.69, 9.17) is 5.11 Å². The summed E-state index contributed by atoms with van der Waals surface area (Å²) >= 11 is 0. The molecule has 0 unspecified atom stereocenters. The quantitative estimate of drug-likeness (QED) is 0.656. The van der Waals surface area contributed by atoms with Crippen LogP contribution in [-0.2, 0) is 0 Å². The summed E-state index contributed by atoms with van der Waals surface area (Å²) in [6.45, 7) is 0. The predicted molar refractivity (Wildman–Crippen MR) is 70.2 cm³/mol. The Morgan fingerprint density at radius 1 is 1.16 bits per heavy atom. The van der Waals surface area contributed by atoms with E-state index >= 15 is 0 Å². The maximum atomic E-state index is 10.9. The number of benzene rings is 1. The van der Waals surface area contributed by atoms with Crippen molar-refractivity contribution >= 4 is 16.9 Å². The van der Waals surface area contributed by atoms with Crippen LogP contribution in [0.3, 0.4) is 0 Å². The van der Waals surface area contributed by atoms with Gasteiger partial charge in [-0.05, 0) is 30.3 Å². The number of aromatic hydroxyl groups is 1. The first-order valence-corrected chi connectivity index (χ1v) is 5.66. The number of nitrogens with zero attached hydrogens (tertiary/aromatic N) is 1. The van der Waals surface area contributed by atoms with Gasteiger partial charge in [0, 0.05) is 22.7 Å². The van der Waals surface area contributed by atoms with Crippen LogP contribution in [0.25, 0.3) is 22.2 Å². The van der Waals surface area contributed by atoms with Crippen molar-refractivity contribution in [1.29, 1.82) is 0 Å². The zero-order chi connectivity index (χ0) is 13.4. The van der Waals surface area contributed by atoms with Crippen LogP contribution in [0.5, 0.6) is 5.75 Å². The number of rotatable bonds is 2. The van der Waals surface area contributed by atoms with E-state index in [1.807, 2.05) is 6.07 Å². The molecule has 0 radical (unpaired) electrons. The number of carboxylic acids is 1. The first kappa shape index (κ1) is 11.3. The number of carbonyl (C=O) groups is 1. The van der Waals surface area contributed by atoms with E-state index in [1.54, 1.807) is 30.5 Å². The van der Waals surface area contributed by atoms with Crippen molar-refractivity contribution in [2.75, 3.05) is 0 Å². The maximum Gasteiger partial charge on any atom is 0.354 e. The van der Waals surface area contributed by atoms with Gasteiger partial charge in [0.15, 0.2) is 0 Å². The van der Waals surface area contributed by atoms with Gasteiger partial charge in [-0.15, -0.1) is 0 Å². The first-order valence-electron chi connectivity index (χ1n) is 5.66. The van der Waals surface area contributed by atoms with Gasteiger partial charge in [0.25, 0.3) is 0 Å². The third kappa shape index (κ3) is 1.81. The van der Waals surface area contributed by atoms with Crippen molar-refractivity contribution < 1.29 is 15.0 Å². The molecule has 0 bridgehead atoms. The van der Waals surface area contributed by atoms with Crippen molar-refractivity contribution in [3.63, 3.8) is 0 Å². The number of phenols is 1. The molecule has 5 heteroatoms. The third-order valence-electron chi connectivity index (χ3n) is 2.95. The van der Waals surface area contributed by atoms with E-state index in [9.17, 15) is 9.90 Å². The average molecular weight is 254 g/mol. The van der Waals surface area contributed by atoms with E-state index in [0.29, 0.717) is 16.6 Å². The van der Waals surface area contributed by atoms with Crippen molar-refractivity contribution in [1.82, 2.24) is 9.97 Å². The van der Waals surface area contributed by atoms with Crippen LogP contribution in [0, 0.1) is 0 Å². The molecule has 2 heterocycles. The minimum atomic E-state index is -1.09. The van der Waals surface area contributed by atoms with Crippen LogP contribution in [0.2, 0.25) is 0 Å². The number of carboxylic acid groups (broad SMARTS) is 1. The van der Waals surface area contributed by atoms with E-state index in [0.717, 1.165) is 5.52 Å². The number of aromatic carboxylic acids is 1. The fourth-order valence-corrected chi connectivity index (χ4v) is 2.03. The Labute approximate surface area is 108 Å². The van der Waals surface area contributed by atoms with E-state index < -0.39 is 5.97 Å². The molecular formula is C14H10N2O3. The molecule has 3 N–H and O–H groups in total. The van der Waals surface area contributed by atoms with E-state index in [1.165, 1.54) is 6.07 Å². The summed E-state index contributed by atoms with van der Waals surface area (Å²) in [6, 6.07) is 9.97. The monoisotopic (exact) mass is 254 g/mol. The number of aromatic nitrogens is 2. The Kier molecular flexibility index (Phi) is 2.45. The average Bonchev–Trinajstić information content (AvgIpc) is 2.88. The summed E-state index contributed by atoms with van der Waals surface area (Å²) in [5, 5.41) is 19.8. The molecule has 0 saturated carbocycles. The number of hydrogen-bond acceptors (Lipinski definition) is 3. The molecule has 3 aromatic rings. The largest absolute Gasteiger partial charge is 0.507 e. The molecule has 0 spiro atoms. The zero-order valence-electron chi connectivity index (χ0n) is 9.79. The Hall–Kier alpha value is -2.82. The maximum absolute atomic E-state index is 10.9. The minimum absolute atomic E-state index is 0.0499. The van der Waals surface area contributed by atoms with Gasteiger partial charge in [-0.25, -0.2) is 9.78 Å². The van der Waals surface area contributed by atoms with Gasteiger partial charge in [-0.3, -0.25) is 0 Å². The number of fused-ring (bicyclic) bond motifs is 1. The molecule has 19 heavy (non-hydrogen) atoms. The van der Waals surface area contributed by atoms with Crippen LogP contribution in [-0.4, -0.2) is 26.2 Å². The topological polar surface area (TPSA) is 86.2 Å². The standard InChI is InChI=1S/C14H10N2O3/c17-13-8(4-5-10-9(13)6-7-15-10)11-2-1-3-12(16-11)14(18)19/h1-7,15,17H,(H,18,19). The van der Waals surface area contributed by atoms with Gasteiger partial charge >= 0.3 is 5.97 Å². The number of pyridine rings is 1. The highest BCUT2D eigenvalue weighted by Gasteiger charge is 2.12. The van der Waals surface area contributed by atoms with Crippen LogP contribution in [0.1, 0.15) is 10.5 Å². The summed E-state index contributed by atoms with van der Waals surface area (Å²) in [5.41, 5.74) is 1.71. The van der Waals surface area contributed by atoms with Gasteiger partial charge < -0.3 is 15.2 Å². The summed E-state index contributed by atoms with van der Waals surface area (Å²) in [7, 11) is 0. The van der Waals surface area contributed by atoms with Crippen molar-refractivity contribution in [3.8, 4) is 17.0 Å². The van der Waals surface area contributed by atoms with Crippen LogP contribution >= 0.6 is 0 Å². The lowest BCUT2D eigenvalue weighted by molar-refractivity contribution is 0.0690. The number of phenolic OH excluding ortho intramolecular Hbond substituents is 1. The summed E-state index contributed by atoms with van der Waals surface area (Å²) in [4.78, 5) is 17.9. The van der Waals surface area contributed by atoms with Crippen molar-refractivity contribution in [3.05, 3.63) is 48.3 Å². The molecule has 1 aromatic carbocycles. The van der Waals surface area contributed by atoms with Crippen molar-refractivity contribution in [2.24, 2.45) is 0 Å². The van der Waals surface area contributed by atoms with Gasteiger partial charge in [0.05, 0.1) is 5.69 Å². The molecule has 0 fully saturated rings. The second-order valence-electron chi connectivity index (χ2n) is 4.11. The summed E-state index contributed by atoms with van der Waals surface area (Å²) < 4.78 is 0. The molecule has 0 aliphatic carbocycles. The SMILES string of the molecule is O=C(O)c1cccc(-c2ccc3[nH]ccc3c2O)n1. The Morgan fingerprint density at radius 3 is 2.79 bits per heavy atom. The molecule has 0 aliphatic heterocycles. The molecule has 94 valence electrons. The third-order valence-corrected chi connectivity index (χ3v) is 2.95. The molecular weight excluding hydrogens is 244 g/mol. The number of aromatic amines is 1. The normalized spacial score (nSPS) is 10.7. The lowest BCUT2D eigenvalue weighted by atomic mass is 10.1. The fraction of sp³-hybridized carbons (Fsp3) is 0. The van der Waals surface area contributed by atoms with Gasteiger partial charge in [0.2, 0.25) is 0 Å². The Bertz CT molecular complexity index is 777. The molecule has 0 atom stereocenters. The molecule has 5 nitrogen and oxygen atoms in total. The molecule has 0 aliphatic rings. The highest BCUT2D eigenvalue weighted by molar-refractivity contribution is 5.93. The highest BCUT2D eigenvalue weighted by Crippen LogP contribution is 2.34. The molecule has 0 amide bonds. The zero-order valence-corrected chi connectivity index (χ0v) is 9.79. The highest BCUT2D eigenvalue weighted by atomic mass is 16.4. The number of nitrogens with one attached hydrogen (secondary N) is 1. The fourth-order valence-electron chi connectivity index (χ4n) is 2.03. The number of hydrogen-bond donors (Lipinski definition) is 3. The Morgan fingerprint density at radius 2 is 2.00 bits per heavy atom. The lowest BCUT2D eigenvalue weighted by Gasteiger charge is -2.06. The van der Waals surface area contributed by atoms with Gasteiger partial charge in [-0.1, -0.05) is 6.07 Å². The molecule has 0 saturated heterocycles. The van der Waals surface area contributed by atoms with Gasteiger partial charge in [0.1, 0.15) is 11.4 Å². The van der Waals surface area contributed by atoms with E-state index in [2.05, 4.69) is 9.97 Å². The Balaban J connectivity index is 2.21. The predicted octanol–water partition coefficient (Wildman–Crippen LogP) is 2.63. The minimum Gasteiger partial charge on any atom is -0.507 e. The second-order valence-corrected chi connectivity index (χ2v) is 4.11. The molecule has 3 rings (SSSR count). The van der Waals surface area contributed by atoms with Crippen LogP contribution < -0.4 is 0 Å². The van der Waals surface area contributed by atoms with Crippen LogP contribution in [0.4, 0.5) is 0 Å². The molecule has 2 aromatic heterocycles. The van der Waals surface area contributed by atoms with Gasteiger partial charge in [-0.2, -0.15) is 0 Å². The first-order chi connectivity index (χ1) is 9.16.